The summed E-state index contributed by atoms with van der Waals surface area (Å²) in [4.78, 5) is 0. The van der Waals surface area contributed by atoms with Crippen molar-refractivity contribution in [2.45, 2.75) is 37.6 Å². The highest BCUT2D eigenvalue weighted by Crippen LogP contribution is 2.35. The van der Waals surface area contributed by atoms with Gasteiger partial charge in [-0.15, -0.1) is 0 Å². The van der Waals surface area contributed by atoms with E-state index in [1.807, 2.05) is 19.2 Å². The average molecular weight is 258 g/mol. The molecule has 0 bridgehead atoms. The second-order valence-electron chi connectivity index (χ2n) is 4.46. The van der Waals surface area contributed by atoms with Crippen molar-refractivity contribution in [1.82, 2.24) is 5.32 Å². The second-order valence-corrected chi connectivity index (χ2v) is 5.27. The van der Waals surface area contributed by atoms with Crippen LogP contribution in [0.3, 0.4) is 0 Å². The fourth-order valence-corrected chi connectivity index (χ4v) is 2.92. The summed E-state index contributed by atoms with van der Waals surface area (Å²) in [5.74, 6) is 0.577. The van der Waals surface area contributed by atoms with Gasteiger partial charge < -0.3 is 5.32 Å². The smallest absolute Gasteiger partial charge is 0.0595 e. The van der Waals surface area contributed by atoms with E-state index in [0.29, 0.717) is 22.0 Å². The molecule has 0 heterocycles. The summed E-state index contributed by atoms with van der Waals surface area (Å²) >= 11 is 12.0. The summed E-state index contributed by atoms with van der Waals surface area (Å²) < 4.78 is 0. The van der Waals surface area contributed by atoms with Crippen molar-refractivity contribution in [3.05, 3.63) is 33.8 Å². The molecule has 0 amide bonds. The Bertz CT molecular complexity index is 365. The standard InChI is InChI=1S/C13H17Cl2N/c1-16-13-5-3-2-4-10(13)9-6-7-11(14)12(15)8-9/h6-8,10,13,16H,2-5H2,1H3. The largest absolute Gasteiger partial charge is 0.316 e. The molecule has 2 atom stereocenters. The van der Waals surface area contributed by atoms with Crippen LogP contribution in [0, 0.1) is 0 Å². The maximum atomic E-state index is 6.07. The first-order chi connectivity index (χ1) is 7.72. The Kier molecular flexibility index (Phi) is 4.12. The molecule has 0 saturated heterocycles. The molecule has 16 heavy (non-hydrogen) atoms. The zero-order chi connectivity index (χ0) is 11.5. The normalized spacial score (nSPS) is 25.7. The number of hydrogen-bond acceptors (Lipinski definition) is 1. The van der Waals surface area contributed by atoms with Gasteiger partial charge in [0.1, 0.15) is 0 Å². The van der Waals surface area contributed by atoms with Crippen LogP contribution < -0.4 is 5.32 Å². The van der Waals surface area contributed by atoms with Crippen LogP contribution in [-0.4, -0.2) is 13.1 Å². The third kappa shape index (κ3) is 2.53. The summed E-state index contributed by atoms with van der Waals surface area (Å²) in [5.41, 5.74) is 1.31. The van der Waals surface area contributed by atoms with Crippen molar-refractivity contribution in [2.75, 3.05) is 7.05 Å². The lowest BCUT2D eigenvalue weighted by atomic mass is 9.80. The molecule has 0 aliphatic heterocycles. The van der Waals surface area contributed by atoms with Crippen LogP contribution in [0.4, 0.5) is 0 Å². The Labute approximate surface area is 107 Å². The van der Waals surface area contributed by atoms with E-state index in [9.17, 15) is 0 Å². The lowest BCUT2D eigenvalue weighted by Crippen LogP contribution is -2.34. The summed E-state index contributed by atoms with van der Waals surface area (Å²) in [7, 11) is 2.04. The molecule has 1 aromatic rings. The highest BCUT2D eigenvalue weighted by Gasteiger charge is 2.25. The van der Waals surface area contributed by atoms with Gasteiger partial charge in [0.25, 0.3) is 0 Å². The first kappa shape index (κ1) is 12.2. The van der Waals surface area contributed by atoms with Gasteiger partial charge in [-0.3, -0.25) is 0 Å². The van der Waals surface area contributed by atoms with Crippen molar-refractivity contribution in [3.8, 4) is 0 Å². The van der Waals surface area contributed by atoms with E-state index < -0.39 is 0 Å². The van der Waals surface area contributed by atoms with Gasteiger partial charge in [0, 0.05) is 6.04 Å². The molecule has 0 aromatic heterocycles. The van der Waals surface area contributed by atoms with Gasteiger partial charge in [-0.25, -0.2) is 0 Å². The minimum absolute atomic E-state index is 0.575. The molecule has 3 heteroatoms. The van der Waals surface area contributed by atoms with Gasteiger partial charge >= 0.3 is 0 Å². The molecule has 1 N–H and O–H groups in total. The molecule has 1 saturated carbocycles. The summed E-state index contributed by atoms with van der Waals surface area (Å²) in [6, 6.07) is 6.60. The Morgan fingerprint density at radius 3 is 2.56 bits per heavy atom. The van der Waals surface area contributed by atoms with Gasteiger partial charge in [-0.1, -0.05) is 42.1 Å². The molecule has 1 aliphatic rings. The Morgan fingerprint density at radius 1 is 1.12 bits per heavy atom. The maximum Gasteiger partial charge on any atom is 0.0595 e. The van der Waals surface area contributed by atoms with Gasteiger partial charge in [0.15, 0.2) is 0 Å². The lowest BCUT2D eigenvalue weighted by Gasteiger charge is -2.31. The van der Waals surface area contributed by atoms with Crippen LogP contribution in [0.15, 0.2) is 18.2 Å². The molecule has 2 rings (SSSR count). The van der Waals surface area contributed by atoms with Crippen molar-refractivity contribution < 1.29 is 0 Å². The van der Waals surface area contributed by atoms with Crippen LogP contribution in [0.1, 0.15) is 37.2 Å². The fraction of sp³-hybridized carbons (Fsp3) is 0.538. The maximum absolute atomic E-state index is 6.07. The second kappa shape index (κ2) is 5.39. The van der Waals surface area contributed by atoms with Crippen molar-refractivity contribution in [3.63, 3.8) is 0 Å². The summed E-state index contributed by atoms with van der Waals surface area (Å²) in [5, 5.41) is 4.72. The number of nitrogens with one attached hydrogen (secondary N) is 1. The first-order valence-electron chi connectivity index (χ1n) is 5.84. The number of hydrogen-bond donors (Lipinski definition) is 1. The molecular weight excluding hydrogens is 241 g/mol. The quantitative estimate of drug-likeness (QED) is 0.836. The monoisotopic (exact) mass is 257 g/mol. The topological polar surface area (TPSA) is 12.0 Å². The Hall–Kier alpha value is -0.240. The molecular formula is C13H17Cl2N. The molecule has 1 nitrogen and oxygen atoms in total. The van der Waals surface area contributed by atoms with E-state index in [1.165, 1.54) is 31.2 Å². The van der Waals surface area contributed by atoms with E-state index in [0.717, 1.165) is 0 Å². The highest BCUT2D eigenvalue weighted by atomic mass is 35.5. The summed E-state index contributed by atoms with van der Waals surface area (Å²) in [6.45, 7) is 0. The number of likely N-dealkylation sites (N-methyl/N-ethyl adjacent to an activating group) is 1. The third-order valence-corrected chi connectivity index (χ3v) is 4.25. The van der Waals surface area contributed by atoms with Crippen LogP contribution in [0.25, 0.3) is 0 Å². The van der Waals surface area contributed by atoms with E-state index in [1.54, 1.807) is 0 Å². The first-order valence-corrected chi connectivity index (χ1v) is 6.60. The minimum Gasteiger partial charge on any atom is -0.316 e. The average Bonchev–Trinajstić information content (AvgIpc) is 2.32. The van der Waals surface area contributed by atoms with Gasteiger partial charge in [0.2, 0.25) is 0 Å². The van der Waals surface area contributed by atoms with Gasteiger partial charge in [-0.05, 0) is 43.5 Å². The lowest BCUT2D eigenvalue weighted by molar-refractivity contribution is 0.344. The van der Waals surface area contributed by atoms with Gasteiger partial charge in [0.05, 0.1) is 10.0 Å². The fourth-order valence-electron chi connectivity index (χ4n) is 2.62. The zero-order valence-electron chi connectivity index (χ0n) is 9.47. The van der Waals surface area contributed by atoms with Crippen LogP contribution in [0.5, 0.6) is 0 Å². The van der Waals surface area contributed by atoms with E-state index in [4.69, 9.17) is 23.2 Å². The molecule has 0 radical (unpaired) electrons. The number of rotatable bonds is 2. The number of benzene rings is 1. The predicted molar refractivity (Wildman–Crippen MR) is 70.5 cm³/mol. The van der Waals surface area contributed by atoms with Gasteiger partial charge in [-0.2, -0.15) is 0 Å². The van der Waals surface area contributed by atoms with Crippen molar-refractivity contribution >= 4 is 23.2 Å². The van der Waals surface area contributed by atoms with Crippen molar-refractivity contribution in [2.24, 2.45) is 0 Å². The SMILES string of the molecule is CNC1CCCCC1c1ccc(Cl)c(Cl)c1. The molecule has 1 aliphatic carbocycles. The Balaban J connectivity index is 2.23. The predicted octanol–water partition coefficient (Wildman–Crippen LogP) is 4.24. The van der Waals surface area contributed by atoms with E-state index in [-0.39, 0.29) is 0 Å². The molecule has 2 unspecified atom stereocenters. The number of halogens is 2. The molecule has 1 aromatic carbocycles. The van der Waals surface area contributed by atoms with E-state index >= 15 is 0 Å². The van der Waals surface area contributed by atoms with Crippen LogP contribution >= 0.6 is 23.2 Å². The zero-order valence-corrected chi connectivity index (χ0v) is 11.0. The summed E-state index contributed by atoms with van der Waals surface area (Å²) in [6.07, 6.45) is 5.12. The van der Waals surface area contributed by atoms with Crippen LogP contribution in [-0.2, 0) is 0 Å². The van der Waals surface area contributed by atoms with E-state index in [2.05, 4.69) is 11.4 Å². The Morgan fingerprint density at radius 2 is 1.88 bits per heavy atom. The molecule has 88 valence electrons. The van der Waals surface area contributed by atoms with Crippen LogP contribution in [0.2, 0.25) is 10.0 Å². The minimum atomic E-state index is 0.575. The third-order valence-electron chi connectivity index (χ3n) is 3.51. The molecule has 1 fully saturated rings. The highest BCUT2D eigenvalue weighted by molar-refractivity contribution is 6.42. The van der Waals surface area contributed by atoms with Crippen molar-refractivity contribution in [1.29, 1.82) is 0 Å². The molecule has 0 spiro atoms.